The van der Waals surface area contributed by atoms with Gasteiger partial charge in [0.25, 0.3) is 0 Å². The van der Waals surface area contributed by atoms with Crippen molar-refractivity contribution in [1.29, 1.82) is 0 Å². The first-order chi connectivity index (χ1) is 10.1. The average Bonchev–Trinajstić information content (AvgIpc) is 2.51. The number of rotatable bonds is 5. The third-order valence-corrected chi connectivity index (χ3v) is 4.20. The van der Waals surface area contributed by atoms with Gasteiger partial charge in [0.2, 0.25) is 5.91 Å². The Balaban J connectivity index is 2.13. The van der Waals surface area contributed by atoms with E-state index in [4.69, 9.17) is 4.74 Å². The smallest absolute Gasteiger partial charge is 0.239 e. The summed E-state index contributed by atoms with van der Waals surface area (Å²) in [6.45, 7) is 10.3. The molecule has 0 fully saturated rings. The van der Waals surface area contributed by atoms with Crippen LogP contribution in [0.1, 0.15) is 39.3 Å². The van der Waals surface area contributed by atoms with Crippen LogP contribution in [0.25, 0.3) is 0 Å². The van der Waals surface area contributed by atoms with Crippen molar-refractivity contribution >= 4 is 5.91 Å². The highest BCUT2D eigenvalue weighted by Gasteiger charge is 2.30. The average molecular weight is 290 g/mol. The quantitative estimate of drug-likeness (QED) is 0.906. The van der Waals surface area contributed by atoms with Crippen molar-refractivity contribution in [3.8, 4) is 5.75 Å². The molecule has 3 unspecified atom stereocenters. The lowest BCUT2D eigenvalue weighted by molar-refractivity contribution is -0.133. The van der Waals surface area contributed by atoms with Crippen molar-refractivity contribution in [3.05, 3.63) is 29.8 Å². The molecular formula is C17H26N2O2. The van der Waals surface area contributed by atoms with Gasteiger partial charge < -0.3 is 9.64 Å². The van der Waals surface area contributed by atoms with Crippen LogP contribution in [0.3, 0.4) is 0 Å². The first-order valence-corrected chi connectivity index (χ1v) is 7.85. The molecule has 2 rings (SSSR count). The Bertz CT molecular complexity index is 485. The van der Waals surface area contributed by atoms with E-state index in [1.54, 1.807) is 0 Å². The van der Waals surface area contributed by atoms with E-state index in [9.17, 15) is 4.79 Å². The maximum Gasteiger partial charge on any atom is 0.239 e. The first kappa shape index (κ1) is 15.8. The monoisotopic (exact) mass is 290 g/mol. The van der Waals surface area contributed by atoms with Gasteiger partial charge in [0.05, 0.1) is 12.6 Å². The van der Waals surface area contributed by atoms with Crippen LogP contribution < -0.4 is 10.1 Å². The molecule has 21 heavy (non-hydrogen) atoms. The molecule has 1 aromatic carbocycles. The highest BCUT2D eigenvalue weighted by Crippen LogP contribution is 2.35. The van der Waals surface area contributed by atoms with Crippen LogP contribution in [0.5, 0.6) is 5.75 Å². The predicted octanol–water partition coefficient (Wildman–Crippen LogP) is 2.60. The summed E-state index contributed by atoms with van der Waals surface area (Å²) in [4.78, 5) is 14.3. The second-order valence-electron chi connectivity index (χ2n) is 5.70. The first-order valence-electron chi connectivity index (χ1n) is 7.85. The number of benzene rings is 1. The fourth-order valence-corrected chi connectivity index (χ4v) is 2.90. The van der Waals surface area contributed by atoms with E-state index in [0.717, 1.165) is 24.4 Å². The molecule has 4 heteroatoms. The molecule has 1 N–H and O–H groups in total. The van der Waals surface area contributed by atoms with E-state index in [1.807, 2.05) is 43.9 Å². The number of likely N-dealkylation sites (N-methyl/N-ethyl adjacent to an activating group) is 1. The molecule has 0 saturated carbocycles. The number of para-hydroxylation sites is 1. The predicted molar refractivity (Wildman–Crippen MR) is 84.4 cm³/mol. The SMILES string of the molecule is CCN(CC)C(=O)C(C)NC1c2ccccc2OCC1C. The van der Waals surface area contributed by atoms with Crippen molar-refractivity contribution in [1.82, 2.24) is 10.2 Å². The molecule has 1 amide bonds. The van der Waals surface area contributed by atoms with Crippen molar-refractivity contribution < 1.29 is 9.53 Å². The molecule has 0 aromatic heterocycles. The number of carbonyl (C=O) groups excluding carboxylic acids is 1. The molecule has 1 aromatic rings. The maximum atomic E-state index is 12.4. The van der Waals surface area contributed by atoms with E-state index >= 15 is 0 Å². The zero-order valence-electron chi connectivity index (χ0n) is 13.4. The van der Waals surface area contributed by atoms with Gasteiger partial charge >= 0.3 is 0 Å². The van der Waals surface area contributed by atoms with Gasteiger partial charge in [-0.05, 0) is 26.8 Å². The number of amides is 1. The number of hydrogen-bond acceptors (Lipinski definition) is 3. The van der Waals surface area contributed by atoms with Gasteiger partial charge in [0.1, 0.15) is 5.75 Å². The number of nitrogens with one attached hydrogen (secondary N) is 1. The molecule has 0 saturated heterocycles. The number of nitrogens with zero attached hydrogens (tertiary/aromatic N) is 1. The van der Waals surface area contributed by atoms with Gasteiger partial charge in [-0.1, -0.05) is 25.1 Å². The number of ether oxygens (including phenoxy) is 1. The molecule has 0 aliphatic carbocycles. The summed E-state index contributed by atoms with van der Waals surface area (Å²) in [5.41, 5.74) is 1.15. The molecule has 0 bridgehead atoms. The van der Waals surface area contributed by atoms with Crippen LogP contribution in [0, 0.1) is 5.92 Å². The fourth-order valence-electron chi connectivity index (χ4n) is 2.90. The van der Waals surface area contributed by atoms with Crippen LogP contribution in [-0.4, -0.2) is 36.5 Å². The zero-order valence-corrected chi connectivity index (χ0v) is 13.4. The normalized spacial score (nSPS) is 22.1. The number of carbonyl (C=O) groups is 1. The summed E-state index contributed by atoms with van der Waals surface area (Å²) in [6, 6.07) is 8.04. The third kappa shape index (κ3) is 3.38. The molecule has 1 aliphatic heterocycles. The highest BCUT2D eigenvalue weighted by molar-refractivity contribution is 5.81. The molecule has 0 radical (unpaired) electrons. The Morgan fingerprint density at radius 1 is 1.38 bits per heavy atom. The van der Waals surface area contributed by atoms with E-state index < -0.39 is 0 Å². The Morgan fingerprint density at radius 2 is 2.05 bits per heavy atom. The standard InChI is InChI=1S/C17H26N2O2/c1-5-19(6-2)17(20)13(4)18-16-12(3)11-21-15-10-8-7-9-14(15)16/h7-10,12-13,16,18H,5-6,11H2,1-4H3. The van der Waals surface area contributed by atoms with Gasteiger partial charge in [0.15, 0.2) is 0 Å². The summed E-state index contributed by atoms with van der Waals surface area (Å²) >= 11 is 0. The van der Waals surface area contributed by atoms with Crippen molar-refractivity contribution in [2.75, 3.05) is 19.7 Å². The van der Waals surface area contributed by atoms with E-state index in [1.165, 1.54) is 0 Å². The maximum absolute atomic E-state index is 12.4. The van der Waals surface area contributed by atoms with Crippen LogP contribution in [0.2, 0.25) is 0 Å². The number of fused-ring (bicyclic) bond motifs is 1. The summed E-state index contributed by atoms with van der Waals surface area (Å²) in [6.07, 6.45) is 0. The third-order valence-electron chi connectivity index (χ3n) is 4.20. The van der Waals surface area contributed by atoms with Gasteiger partial charge in [-0.15, -0.1) is 0 Å². The lowest BCUT2D eigenvalue weighted by atomic mass is 9.91. The summed E-state index contributed by atoms with van der Waals surface area (Å²) < 4.78 is 5.76. The lowest BCUT2D eigenvalue weighted by Crippen LogP contribution is -2.48. The minimum atomic E-state index is -0.191. The van der Waals surface area contributed by atoms with Crippen molar-refractivity contribution in [2.24, 2.45) is 5.92 Å². The van der Waals surface area contributed by atoms with Gasteiger partial charge in [-0.2, -0.15) is 0 Å². The fraction of sp³-hybridized carbons (Fsp3) is 0.588. The summed E-state index contributed by atoms with van der Waals surface area (Å²) in [7, 11) is 0. The minimum absolute atomic E-state index is 0.157. The van der Waals surface area contributed by atoms with Crippen LogP contribution in [0.4, 0.5) is 0 Å². The largest absolute Gasteiger partial charge is 0.493 e. The van der Waals surface area contributed by atoms with Crippen LogP contribution >= 0.6 is 0 Å². The Kier molecular flexibility index (Phi) is 5.23. The van der Waals surface area contributed by atoms with Gasteiger partial charge in [-0.25, -0.2) is 0 Å². The molecule has 3 atom stereocenters. The Morgan fingerprint density at radius 3 is 2.71 bits per heavy atom. The van der Waals surface area contributed by atoms with Gasteiger partial charge in [-0.3, -0.25) is 10.1 Å². The molecule has 4 nitrogen and oxygen atoms in total. The molecular weight excluding hydrogens is 264 g/mol. The topological polar surface area (TPSA) is 41.6 Å². The van der Waals surface area contributed by atoms with Crippen LogP contribution in [0.15, 0.2) is 24.3 Å². The Hall–Kier alpha value is -1.55. The lowest BCUT2D eigenvalue weighted by Gasteiger charge is -2.35. The molecule has 1 heterocycles. The van der Waals surface area contributed by atoms with Crippen molar-refractivity contribution in [2.45, 2.75) is 39.8 Å². The Labute approximate surface area is 127 Å². The minimum Gasteiger partial charge on any atom is -0.493 e. The van der Waals surface area contributed by atoms with E-state index in [2.05, 4.69) is 18.3 Å². The zero-order chi connectivity index (χ0) is 15.4. The van der Waals surface area contributed by atoms with E-state index in [0.29, 0.717) is 12.5 Å². The highest BCUT2D eigenvalue weighted by atomic mass is 16.5. The summed E-state index contributed by atoms with van der Waals surface area (Å²) in [5, 5.41) is 3.50. The number of hydrogen-bond donors (Lipinski definition) is 1. The summed E-state index contributed by atoms with van der Waals surface area (Å²) in [5.74, 6) is 1.43. The van der Waals surface area contributed by atoms with Gasteiger partial charge in [0, 0.05) is 30.6 Å². The molecule has 116 valence electrons. The molecule has 1 aliphatic rings. The molecule has 0 spiro atoms. The second-order valence-corrected chi connectivity index (χ2v) is 5.70. The van der Waals surface area contributed by atoms with Crippen LogP contribution in [-0.2, 0) is 4.79 Å². The van der Waals surface area contributed by atoms with E-state index in [-0.39, 0.29) is 18.0 Å². The second kappa shape index (κ2) is 6.94. The van der Waals surface area contributed by atoms with Crippen molar-refractivity contribution in [3.63, 3.8) is 0 Å².